The molecule has 0 saturated carbocycles. The van der Waals surface area contributed by atoms with Gasteiger partial charge in [0.25, 0.3) is 0 Å². The van der Waals surface area contributed by atoms with Crippen molar-refractivity contribution in [1.29, 1.82) is 0 Å². The Hall–Kier alpha value is -1.62. The molecule has 0 aliphatic carbocycles. The van der Waals surface area contributed by atoms with E-state index in [9.17, 15) is 9.59 Å². The maximum Gasteiger partial charge on any atom is 0.245 e. The van der Waals surface area contributed by atoms with Crippen LogP contribution < -0.4 is 5.32 Å². The molecule has 2 saturated heterocycles. The van der Waals surface area contributed by atoms with E-state index in [1.165, 1.54) is 11.3 Å². The Labute approximate surface area is 135 Å². The molecular weight excluding hydrogens is 296 g/mol. The van der Waals surface area contributed by atoms with E-state index in [0.717, 1.165) is 25.8 Å². The molecule has 0 bridgehead atoms. The van der Waals surface area contributed by atoms with Crippen molar-refractivity contribution in [3.63, 3.8) is 0 Å². The van der Waals surface area contributed by atoms with E-state index in [1.807, 2.05) is 11.0 Å². The Balaban J connectivity index is 1.72. The lowest BCUT2D eigenvalue weighted by Crippen LogP contribution is -2.48. The molecule has 2 aliphatic rings. The van der Waals surface area contributed by atoms with E-state index in [1.54, 1.807) is 11.3 Å². The first-order valence-electron chi connectivity index (χ1n) is 8.05. The number of carbonyl (C=O) groups is 2. The van der Waals surface area contributed by atoms with Gasteiger partial charge in [-0.25, -0.2) is 0 Å². The Kier molecular flexibility index (Phi) is 4.93. The summed E-state index contributed by atoms with van der Waals surface area (Å²) in [4.78, 5) is 27.3. The van der Waals surface area contributed by atoms with Crippen LogP contribution in [-0.2, 0) is 9.59 Å². The van der Waals surface area contributed by atoms with Crippen LogP contribution in [0.4, 0.5) is 0 Å². The summed E-state index contributed by atoms with van der Waals surface area (Å²) >= 11 is 1.70. The van der Waals surface area contributed by atoms with Gasteiger partial charge >= 0.3 is 0 Å². The molecule has 0 aromatic carbocycles. The van der Waals surface area contributed by atoms with E-state index in [-0.39, 0.29) is 23.9 Å². The molecule has 5 heteroatoms. The summed E-state index contributed by atoms with van der Waals surface area (Å²) in [6.07, 6.45) is 9.77. The largest absolute Gasteiger partial charge is 0.344 e. The molecule has 1 aromatic heterocycles. The van der Waals surface area contributed by atoms with Gasteiger partial charge in [-0.05, 0) is 36.8 Å². The van der Waals surface area contributed by atoms with E-state index in [2.05, 4.69) is 28.9 Å². The van der Waals surface area contributed by atoms with Gasteiger partial charge < -0.3 is 10.2 Å². The van der Waals surface area contributed by atoms with Crippen molar-refractivity contribution >= 4 is 29.2 Å². The third-order valence-corrected chi connectivity index (χ3v) is 5.24. The first-order valence-corrected chi connectivity index (χ1v) is 8.93. The van der Waals surface area contributed by atoms with Crippen LogP contribution in [0.3, 0.4) is 0 Å². The zero-order valence-corrected chi connectivity index (χ0v) is 13.5. The van der Waals surface area contributed by atoms with Crippen LogP contribution in [0.15, 0.2) is 23.6 Å². The lowest BCUT2D eigenvalue weighted by Gasteiger charge is -2.30. The molecular formula is C17H22N2O2S. The smallest absolute Gasteiger partial charge is 0.245 e. The van der Waals surface area contributed by atoms with Gasteiger partial charge in [0.1, 0.15) is 6.04 Å². The average molecular weight is 318 g/mol. The molecule has 0 spiro atoms. The molecule has 4 nitrogen and oxygen atoms in total. The summed E-state index contributed by atoms with van der Waals surface area (Å²) in [6, 6.07) is 3.95. The zero-order chi connectivity index (χ0) is 15.4. The van der Waals surface area contributed by atoms with Crippen molar-refractivity contribution < 1.29 is 9.59 Å². The normalized spacial score (nSPS) is 26.2. The minimum atomic E-state index is -0.316. The van der Waals surface area contributed by atoms with Crippen LogP contribution in [0, 0.1) is 0 Å². The molecule has 2 aliphatic heterocycles. The number of nitrogens with one attached hydrogen (secondary N) is 1. The van der Waals surface area contributed by atoms with Crippen molar-refractivity contribution in [3.05, 3.63) is 28.5 Å². The lowest BCUT2D eigenvalue weighted by molar-refractivity contribution is -0.135. The van der Waals surface area contributed by atoms with Gasteiger partial charge in [-0.3, -0.25) is 9.59 Å². The molecule has 1 unspecified atom stereocenters. The summed E-state index contributed by atoms with van der Waals surface area (Å²) in [6.45, 7) is 0.796. The van der Waals surface area contributed by atoms with Gasteiger partial charge in [0.15, 0.2) is 0 Å². The minimum Gasteiger partial charge on any atom is -0.344 e. The highest BCUT2D eigenvalue weighted by molar-refractivity contribution is 7.10. The van der Waals surface area contributed by atoms with Crippen LogP contribution in [0.5, 0.6) is 0 Å². The van der Waals surface area contributed by atoms with Crippen molar-refractivity contribution in [2.75, 3.05) is 6.54 Å². The maximum atomic E-state index is 12.8. The Morgan fingerprint density at radius 2 is 2.23 bits per heavy atom. The zero-order valence-electron chi connectivity index (χ0n) is 12.7. The van der Waals surface area contributed by atoms with Gasteiger partial charge in [-0.1, -0.05) is 25.0 Å². The van der Waals surface area contributed by atoms with Gasteiger partial charge in [0.05, 0.1) is 6.04 Å². The highest BCUT2D eigenvalue weighted by atomic mass is 32.1. The summed E-state index contributed by atoms with van der Waals surface area (Å²) < 4.78 is 0. The number of carbonyl (C=O) groups excluding carboxylic acids is 2. The van der Waals surface area contributed by atoms with Crippen LogP contribution in [-0.4, -0.2) is 35.3 Å². The van der Waals surface area contributed by atoms with Crippen molar-refractivity contribution in [1.82, 2.24) is 10.2 Å². The third kappa shape index (κ3) is 3.58. The van der Waals surface area contributed by atoms with Crippen LogP contribution in [0.2, 0.25) is 0 Å². The fraction of sp³-hybridized carbons (Fsp3) is 0.529. The van der Waals surface area contributed by atoms with Crippen molar-refractivity contribution in [3.8, 4) is 0 Å². The van der Waals surface area contributed by atoms with Crippen molar-refractivity contribution in [2.45, 2.75) is 50.6 Å². The molecule has 2 amide bonds. The van der Waals surface area contributed by atoms with Gasteiger partial charge in [-0.15, -0.1) is 11.3 Å². The summed E-state index contributed by atoms with van der Waals surface area (Å²) in [5.74, 6) is 0.0902. The Morgan fingerprint density at radius 1 is 1.32 bits per heavy atom. The summed E-state index contributed by atoms with van der Waals surface area (Å²) in [7, 11) is 0. The topological polar surface area (TPSA) is 49.4 Å². The Morgan fingerprint density at radius 3 is 2.95 bits per heavy atom. The second-order valence-corrected chi connectivity index (χ2v) is 6.96. The van der Waals surface area contributed by atoms with Crippen LogP contribution in [0.1, 0.15) is 43.4 Å². The molecule has 1 aromatic rings. The number of hydrogen-bond donors (Lipinski definition) is 1. The molecule has 1 N–H and O–H groups in total. The van der Waals surface area contributed by atoms with Crippen LogP contribution in [0.25, 0.3) is 6.08 Å². The highest BCUT2D eigenvalue weighted by Crippen LogP contribution is 2.22. The van der Waals surface area contributed by atoms with Crippen molar-refractivity contribution in [2.24, 2.45) is 0 Å². The number of nitrogens with zero attached hydrogens (tertiary/aromatic N) is 1. The predicted molar refractivity (Wildman–Crippen MR) is 88.5 cm³/mol. The summed E-state index contributed by atoms with van der Waals surface area (Å²) in [5.41, 5.74) is 0. The molecule has 2 atom stereocenters. The molecule has 3 heterocycles. The van der Waals surface area contributed by atoms with Crippen LogP contribution >= 0.6 is 11.3 Å². The van der Waals surface area contributed by atoms with E-state index < -0.39 is 0 Å². The van der Waals surface area contributed by atoms with E-state index >= 15 is 0 Å². The Bertz CT molecular complexity index is 553. The average Bonchev–Trinajstić information content (AvgIpc) is 3.12. The lowest BCUT2D eigenvalue weighted by atomic mass is 10.1. The third-order valence-electron chi connectivity index (χ3n) is 4.40. The molecule has 22 heavy (non-hydrogen) atoms. The number of thiophene rings is 1. The standard InChI is InChI=1S/C17H22N2O2S/c20-16-10-9-15(18-16)17(21)19-11-3-1-2-5-13(19)7-8-14-6-4-12-22-14/h4,6-8,12-13,15H,1-3,5,9-11H2,(H,18,20)/t13?,15-/m1/s1. The molecule has 118 valence electrons. The van der Waals surface area contributed by atoms with Gasteiger partial charge in [0, 0.05) is 17.8 Å². The van der Waals surface area contributed by atoms with E-state index in [0.29, 0.717) is 12.8 Å². The quantitative estimate of drug-likeness (QED) is 0.931. The number of rotatable bonds is 3. The first-order chi connectivity index (χ1) is 10.7. The fourth-order valence-corrected chi connectivity index (χ4v) is 3.83. The number of likely N-dealkylation sites (tertiary alicyclic amines) is 1. The van der Waals surface area contributed by atoms with Gasteiger partial charge in [-0.2, -0.15) is 0 Å². The van der Waals surface area contributed by atoms with E-state index in [4.69, 9.17) is 0 Å². The minimum absolute atomic E-state index is 0.00107. The second kappa shape index (κ2) is 7.09. The summed E-state index contributed by atoms with van der Waals surface area (Å²) in [5, 5.41) is 4.87. The first kappa shape index (κ1) is 15.3. The SMILES string of the molecule is O=C1CC[C@H](C(=O)N2CCCCCC2C=Cc2cccs2)N1. The number of hydrogen-bond acceptors (Lipinski definition) is 3. The number of amides is 2. The maximum absolute atomic E-state index is 12.8. The molecule has 2 fully saturated rings. The monoisotopic (exact) mass is 318 g/mol. The van der Waals surface area contributed by atoms with Gasteiger partial charge in [0.2, 0.25) is 11.8 Å². The fourth-order valence-electron chi connectivity index (χ4n) is 3.20. The molecule has 0 radical (unpaired) electrons. The molecule has 3 rings (SSSR count). The highest BCUT2D eigenvalue weighted by Gasteiger charge is 2.33. The predicted octanol–water partition coefficient (Wildman–Crippen LogP) is 2.81. The second-order valence-electron chi connectivity index (χ2n) is 5.98.